The number of nitrogens with zero attached hydrogens (tertiary/aromatic N) is 3. The lowest BCUT2D eigenvalue weighted by molar-refractivity contribution is -0.123. The van der Waals surface area contributed by atoms with E-state index in [1.807, 2.05) is 54.6 Å². The zero-order valence-electron chi connectivity index (χ0n) is 15.6. The Labute approximate surface area is 168 Å². The van der Waals surface area contributed by atoms with Crippen LogP contribution < -0.4 is 14.5 Å². The second-order valence-corrected chi connectivity index (χ2v) is 7.69. The summed E-state index contributed by atoms with van der Waals surface area (Å²) in [7, 11) is 1.59. The van der Waals surface area contributed by atoms with Crippen LogP contribution in [0.5, 0.6) is 5.75 Å². The van der Waals surface area contributed by atoms with Crippen molar-refractivity contribution in [2.75, 3.05) is 35.8 Å². The van der Waals surface area contributed by atoms with Crippen LogP contribution in [0.1, 0.15) is 6.42 Å². The molecule has 144 valence electrons. The van der Waals surface area contributed by atoms with Crippen LogP contribution in [0.2, 0.25) is 0 Å². The van der Waals surface area contributed by atoms with Crippen molar-refractivity contribution in [3.63, 3.8) is 0 Å². The Kier molecular flexibility index (Phi) is 5.34. The molecule has 2 aromatic carbocycles. The second-order valence-electron chi connectivity index (χ2n) is 6.63. The summed E-state index contributed by atoms with van der Waals surface area (Å²) in [6.45, 7) is 1.06. The summed E-state index contributed by atoms with van der Waals surface area (Å²) in [5, 5.41) is 0.712. The van der Waals surface area contributed by atoms with Crippen molar-refractivity contribution in [2.24, 2.45) is 10.9 Å². The number of anilines is 2. The molecular formula is C21H21N3O3S. The number of methoxy groups -OCH3 is 1. The van der Waals surface area contributed by atoms with Gasteiger partial charge in [0.05, 0.1) is 25.3 Å². The SMILES string of the molecule is COc1cccc(N2C[C@H](C(=O)N(C3=NCCS3)c3ccccc3)CC2=O)c1. The zero-order chi connectivity index (χ0) is 19.5. The van der Waals surface area contributed by atoms with E-state index in [2.05, 4.69) is 4.99 Å². The molecule has 1 atom stereocenters. The Morgan fingerprint density at radius 2 is 2.04 bits per heavy atom. The van der Waals surface area contributed by atoms with Crippen molar-refractivity contribution < 1.29 is 14.3 Å². The summed E-state index contributed by atoms with van der Waals surface area (Å²) in [5.74, 6) is 0.995. The number of para-hydroxylation sites is 1. The maximum absolute atomic E-state index is 13.4. The summed E-state index contributed by atoms with van der Waals surface area (Å²) in [4.78, 5) is 33.9. The highest BCUT2D eigenvalue weighted by molar-refractivity contribution is 8.14. The lowest BCUT2D eigenvalue weighted by atomic mass is 10.1. The van der Waals surface area contributed by atoms with Gasteiger partial charge in [-0.3, -0.25) is 19.5 Å². The Morgan fingerprint density at radius 1 is 1.21 bits per heavy atom. The third kappa shape index (κ3) is 3.62. The molecule has 0 radical (unpaired) electrons. The fourth-order valence-corrected chi connectivity index (χ4v) is 4.32. The largest absolute Gasteiger partial charge is 0.497 e. The van der Waals surface area contributed by atoms with Crippen LogP contribution in [-0.2, 0) is 9.59 Å². The van der Waals surface area contributed by atoms with Crippen LogP contribution in [0.3, 0.4) is 0 Å². The number of amidine groups is 1. The van der Waals surface area contributed by atoms with E-state index in [0.717, 1.165) is 17.1 Å². The van der Waals surface area contributed by atoms with Gasteiger partial charge >= 0.3 is 0 Å². The Hall–Kier alpha value is -2.80. The number of ether oxygens (including phenoxy) is 1. The topological polar surface area (TPSA) is 62.2 Å². The van der Waals surface area contributed by atoms with Gasteiger partial charge in [-0.05, 0) is 24.3 Å². The van der Waals surface area contributed by atoms with Gasteiger partial charge in [-0.2, -0.15) is 0 Å². The Balaban J connectivity index is 1.59. The fraction of sp³-hybridized carbons (Fsp3) is 0.286. The number of benzene rings is 2. The quantitative estimate of drug-likeness (QED) is 0.798. The third-order valence-electron chi connectivity index (χ3n) is 4.83. The molecule has 0 aromatic heterocycles. The molecule has 0 aliphatic carbocycles. The minimum absolute atomic E-state index is 0.0550. The van der Waals surface area contributed by atoms with Crippen LogP contribution in [0.25, 0.3) is 0 Å². The normalized spacial score (nSPS) is 18.9. The molecular weight excluding hydrogens is 374 g/mol. The molecule has 0 spiro atoms. The van der Waals surface area contributed by atoms with E-state index < -0.39 is 5.92 Å². The molecule has 7 heteroatoms. The fourth-order valence-electron chi connectivity index (χ4n) is 3.45. The first-order valence-corrected chi connectivity index (χ1v) is 10.2. The van der Waals surface area contributed by atoms with E-state index in [-0.39, 0.29) is 18.2 Å². The monoisotopic (exact) mass is 395 g/mol. The number of rotatable bonds is 4. The highest BCUT2D eigenvalue weighted by atomic mass is 32.2. The summed E-state index contributed by atoms with van der Waals surface area (Å²) in [6.07, 6.45) is 0.192. The van der Waals surface area contributed by atoms with Crippen LogP contribution >= 0.6 is 11.8 Å². The van der Waals surface area contributed by atoms with Crippen molar-refractivity contribution in [3.05, 3.63) is 54.6 Å². The average molecular weight is 395 g/mol. The van der Waals surface area contributed by atoms with Gasteiger partial charge in [-0.1, -0.05) is 36.0 Å². The van der Waals surface area contributed by atoms with Gasteiger partial charge in [0.25, 0.3) is 0 Å². The van der Waals surface area contributed by atoms with Gasteiger partial charge < -0.3 is 9.64 Å². The molecule has 6 nitrogen and oxygen atoms in total. The van der Waals surface area contributed by atoms with Gasteiger partial charge in [-0.25, -0.2) is 0 Å². The number of amides is 2. The van der Waals surface area contributed by atoms with E-state index in [1.165, 1.54) is 0 Å². The summed E-state index contributed by atoms with van der Waals surface area (Å²) >= 11 is 1.58. The van der Waals surface area contributed by atoms with Crippen molar-refractivity contribution in [2.45, 2.75) is 6.42 Å². The molecule has 2 aromatic rings. The number of carbonyl (C=O) groups excluding carboxylic acids is 2. The number of hydrogen-bond acceptors (Lipinski definition) is 5. The first kappa shape index (κ1) is 18.6. The lowest BCUT2D eigenvalue weighted by Crippen LogP contribution is -2.40. The van der Waals surface area contributed by atoms with E-state index in [1.54, 1.807) is 28.7 Å². The highest BCUT2D eigenvalue weighted by Gasteiger charge is 2.39. The Bertz CT molecular complexity index is 916. The lowest BCUT2D eigenvalue weighted by Gasteiger charge is -2.25. The van der Waals surface area contributed by atoms with Gasteiger partial charge in [0.1, 0.15) is 5.75 Å². The first-order chi connectivity index (χ1) is 13.7. The number of hydrogen-bond donors (Lipinski definition) is 0. The van der Waals surface area contributed by atoms with Crippen LogP contribution in [0.15, 0.2) is 59.6 Å². The van der Waals surface area contributed by atoms with Crippen molar-refractivity contribution in [1.29, 1.82) is 0 Å². The predicted molar refractivity (Wildman–Crippen MR) is 112 cm³/mol. The van der Waals surface area contributed by atoms with Gasteiger partial charge in [-0.15, -0.1) is 0 Å². The minimum Gasteiger partial charge on any atom is -0.497 e. The van der Waals surface area contributed by atoms with Crippen molar-refractivity contribution in [1.82, 2.24) is 0 Å². The third-order valence-corrected chi connectivity index (χ3v) is 5.79. The second kappa shape index (κ2) is 8.06. The molecule has 0 unspecified atom stereocenters. The van der Waals surface area contributed by atoms with Gasteiger partial charge in [0, 0.05) is 30.5 Å². The molecule has 2 heterocycles. The maximum atomic E-state index is 13.4. The van der Waals surface area contributed by atoms with Gasteiger partial charge in [0.15, 0.2) is 5.17 Å². The van der Waals surface area contributed by atoms with Crippen LogP contribution in [0.4, 0.5) is 11.4 Å². The highest BCUT2D eigenvalue weighted by Crippen LogP contribution is 2.31. The van der Waals surface area contributed by atoms with Crippen LogP contribution in [-0.4, -0.2) is 42.9 Å². The van der Waals surface area contributed by atoms with Crippen molar-refractivity contribution >= 4 is 40.1 Å². The molecule has 0 saturated carbocycles. The molecule has 2 amide bonds. The molecule has 1 fully saturated rings. The number of carbonyl (C=O) groups is 2. The van der Waals surface area contributed by atoms with E-state index in [0.29, 0.717) is 24.0 Å². The first-order valence-electron chi connectivity index (χ1n) is 9.18. The van der Waals surface area contributed by atoms with Crippen LogP contribution in [0, 0.1) is 5.92 Å². The summed E-state index contributed by atoms with van der Waals surface area (Å²) in [6, 6.07) is 16.9. The molecule has 2 aliphatic heterocycles. The molecule has 1 saturated heterocycles. The number of thioether (sulfide) groups is 1. The van der Waals surface area contributed by atoms with E-state index >= 15 is 0 Å². The minimum atomic E-state index is -0.414. The average Bonchev–Trinajstić information content (AvgIpc) is 3.39. The molecule has 2 aliphatic rings. The zero-order valence-corrected chi connectivity index (χ0v) is 16.4. The summed E-state index contributed by atoms with van der Waals surface area (Å²) in [5.41, 5.74) is 1.53. The van der Waals surface area contributed by atoms with E-state index in [4.69, 9.17) is 4.74 Å². The molecule has 0 N–H and O–H groups in total. The molecule has 4 rings (SSSR count). The molecule has 28 heavy (non-hydrogen) atoms. The standard InChI is InChI=1S/C21H21N3O3S/c1-27-18-9-5-8-17(13-18)23-14-15(12-19(23)25)20(26)24(21-22-10-11-28-21)16-6-3-2-4-7-16/h2-9,13,15H,10-12,14H2,1H3/t15-/m1/s1. The van der Waals surface area contributed by atoms with Crippen molar-refractivity contribution in [3.8, 4) is 5.75 Å². The van der Waals surface area contributed by atoms with Gasteiger partial charge in [0.2, 0.25) is 11.8 Å². The Morgan fingerprint density at radius 3 is 2.75 bits per heavy atom. The smallest absolute Gasteiger partial charge is 0.238 e. The number of aliphatic imine (C=N–C) groups is 1. The summed E-state index contributed by atoms with van der Waals surface area (Å²) < 4.78 is 5.26. The van der Waals surface area contributed by atoms with E-state index in [9.17, 15) is 9.59 Å². The predicted octanol–water partition coefficient (Wildman–Crippen LogP) is 3.18. The maximum Gasteiger partial charge on any atom is 0.238 e. The molecule has 0 bridgehead atoms.